The molecule has 2 aromatic carbocycles. The van der Waals surface area contributed by atoms with Gasteiger partial charge in [-0.25, -0.2) is 0 Å². The lowest BCUT2D eigenvalue weighted by Gasteiger charge is -2.31. The van der Waals surface area contributed by atoms with Gasteiger partial charge < -0.3 is 15.4 Å². The number of nitrogens with two attached hydrogens (primary N) is 1. The van der Waals surface area contributed by atoms with Crippen LogP contribution in [0.1, 0.15) is 30.9 Å². The Kier molecular flexibility index (Phi) is 5.40. The molecule has 0 saturated carbocycles. The van der Waals surface area contributed by atoms with E-state index < -0.39 is 0 Å². The van der Waals surface area contributed by atoms with Crippen LogP contribution in [0.3, 0.4) is 0 Å². The summed E-state index contributed by atoms with van der Waals surface area (Å²) in [6.45, 7) is 4.17. The Bertz CT molecular complexity index is 931. The Morgan fingerprint density at radius 3 is 2.46 bits per heavy atom. The monoisotopic (exact) mass is 379 g/mol. The number of fused-ring (bicyclic) bond motifs is 1. The fraction of sp³-hybridized carbons (Fsp3) is 0.273. The largest absolute Gasteiger partial charge is 0.449 e. The maximum absolute atomic E-state index is 13.1. The molecule has 0 radical (unpaired) electrons. The van der Waals surface area contributed by atoms with Crippen molar-refractivity contribution in [1.82, 2.24) is 4.90 Å². The van der Waals surface area contributed by atoms with Crippen molar-refractivity contribution in [3.05, 3.63) is 59.4 Å². The third-order valence-electron chi connectivity index (χ3n) is 4.64. The molecular formula is C22H25N3O3. The Hall–Kier alpha value is -3.28. The number of nitrogens with zero attached hydrogens (tertiary/aromatic N) is 2. The zero-order chi connectivity index (χ0) is 20.4. The molecule has 1 aliphatic heterocycles. The van der Waals surface area contributed by atoms with Crippen LogP contribution in [-0.4, -0.2) is 37.4 Å². The average molecular weight is 379 g/mol. The number of anilines is 2. The van der Waals surface area contributed by atoms with Crippen LogP contribution in [0.2, 0.25) is 0 Å². The second kappa shape index (κ2) is 7.76. The number of rotatable bonds is 4. The van der Waals surface area contributed by atoms with Crippen molar-refractivity contribution < 1.29 is 14.3 Å². The van der Waals surface area contributed by atoms with E-state index in [9.17, 15) is 9.59 Å². The Morgan fingerprint density at radius 1 is 1.18 bits per heavy atom. The molecule has 0 aliphatic carbocycles. The Balaban J connectivity index is 1.98. The molecule has 0 spiro atoms. The molecule has 2 N–H and O–H groups in total. The van der Waals surface area contributed by atoms with E-state index in [4.69, 9.17) is 10.5 Å². The fourth-order valence-electron chi connectivity index (χ4n) is 2.89. The molecule has 0 saturated heterocycles. The average Bonchev–Trinajstić information content (AvgIpc) is 2.65. The lowest BCUT2D eigenvalue weighted by molar-refractivity contribution is -0.129. The molecule has 0 bridgehead atoms. The lowest BCUT2D eigenvalue weighted by Crippen LogP contribution is -2.44. The first-order chi connectivity index (χ1) is 13.3. The molecule has 6 nitrogen and oxygen atoms in total. The molecule has 1 heterocycles. The Morgan fingerprint density at radius 2 is 1.86 bits per heavy atom. The minimum Gasteiger partial charge on any atom is -0.449 e. The van der Waals surface area contributed by atoms with Gasteiger partial charge in [0, 0.05) is 19.8 Å². The van der Waals surface area contributed by atoms with Gasteiger partial charge >= 0.3 is 0 Å². The quantitative estimate of drug-likeness (QED) is 0.654. The second-order valence-corrected chi connectivity index (χ2v) is 7.34. The molecule has 2 aromatic rings. The van der Waals surface area contributed by atoms with Crippen molar-refractivity contribution in [3.8, 4) is 5.75 Å². The molecule has 0 aromatic heterocycles. The summed E-state index contributed by atoms with van der Waals surface area (Å²) in [5.41, 5.74) is 8.93. The van der Waals surface area contributed by atoms with Crippen LogP contribution >= 0.6 is 0 Å². The number of hydrogen-bond acceptors (Lipinski definition) is 4. The van der Waals surface area contributed by atoms with Gasteiger partial charge in [-0.3, -0.25) is 14.5 Å². The molecule has 0 fully saturated rings. The second-order valence-electron chi connectivity index (χ2n) is 7.34. The summed E-state index contributed by atoms with van der Waals surface area (Å²) in [5, 5.41) is 0. The highest BCUT2D eigenvalue weighted by atomic mass is 16.5. The van der Waals surface area contributed by atoms with Gasteiger partial charge in [0.1, 0.15) is 6.54 Å². The van der Waals surface area contributed by atoms with Gasteiger partial charge in [-0.15, -0.1) is 0 Å². The van der Waals surface area contributed by atoms with Crippen molar-refractivity contribution in [3.63, 3.8) is 0 Å². The van der Waals surface area contributed by atoms with Gasteiger partial charge in [-0.1, -0.05) is 38.1 Å². The number of amides is 2. The zero-order valence-electron chi connectivity index (χ0n) is 16.6. The lowest BCUT2D eigenvalue weighted by atomic mass is 10.0. The molecular weight excluding hydrogens is 354 g/mol. The smallest absolute Gasteiger partial charge is 0.294 e. The van der Waals surface area contributed by atoms with Gasteiger partial charge in [0.15, 0.2) is 11.5 Å². The first-order valence-corrected chi connectivity index (χ1v) is 9.17. The van der Waals surface area contributed by atoms with E-state index in [-0.39, 0.29) is 24.1 Å². The molecule has 146 valence electrons. The first-order valence-electron chi connectivity index (χ1n) is 9.17. The van der Waals surface area contributed by atoms with Crippen molar-refractivity contribution >= 4 is 29.3 Å². The zero-order valence-corrected chi connectivity index (χ0v) is 16.6. The highest BCUT2D eigenvalue weighted by molar-refractivity contribution is 6.12. The third kappa shape index (κ3) is 4.01. The summed E-state index contributed by atoms with van der Waals surface area (Å²) in [5.74, 6) is 0.524. The number of carbonyl (C=O) groups excluding carboxylic acids is 2. The number of hydrogen-bond donors (Lipinski definition) is 1. The SMILES string of the molecule is CC(C)c1ccc(/C=C2/Oc3ccc(N)cc3N(CC(=O)N(C)C)C2=O)cc1. The van der Waals surface area contributed by atoms with E-state index in [1.54, 1.807) is 38.4 Å². The summed E-state index contributed by atoms with van der Waals surface area (Å²) in [4.78, 5) is 28.2. The minimum absolute atomic E-state index is 0.0880. The predicted molar refractivity (Wildman–Crippen MR) is 111 cm³/mol. The normalized spacial score (nSPS) is 14.8. The van der Waals surface area contributed by atoms with Gasteiger partial charge in [-0.05, 0) is 41.3 Å². The maximum Gasteiger partial charge on any atom is 0.294 e. The van der Waals surface area contributed by atoms with Crippen LogP contribution in [0.5, 0.6) is 5.75 Å². The van der Waals surface area contributed by atoms with Crippen LogP contribution in [0, 0.1) is 0 Å². The standard InChI is InChI=1S/C22H25N3O3/c1-14(2)16-7-5-15(6-8-16)11-20-22(27)25(13-21(26)24(3)4)18-12-17(23)9-10-19(18)28-20/h5-12,14H,13,23H2,1-4H3/b20-11+. The van der Waals surface area contributed by atoms with Crippen LogP contribution in [0.25, 0.3) is 6.08 Å². The van der Waals surface area contributed by atoms with Gasteiger partial charge in [0.05, 0.1) is 5.69 Å². The van der Waals surface area contributed by atoms with Gasteiger partial charge in [0.2, 0.25) is 5.91 Å². The van der Waals surface area contributed by atoms with Crippen molar-refractivity contribution in [2.45, 2.75) is 19.8 Å². The molecule has 28 heavy (non-hydrogen) atoms. The van der Waals surface area contributed by atoms with E-state index in [2.05, 4.69) is 13.8 Å². The van der Waals surface area contributed by atoms with Crippen LogP contribution in [-0.2, 0) is 9.59 Å². The highest BCUT2D eigenvalue weighted by Gasteiger charge is 2.32. The first kappa shape index (κ1) is 19.5. The van der Waals surface area contributed by atoms with E-state index in [0.717, 1.165) is 5.56 Å². The van der Waals surface area contributed by atoms with Gasteiger partial charge in [0.25, 0.3) is 5.91 Å². The van der Waals surface area contributed by atoms with Gasteiger partial charge in [-0.2, -0.15) is 0 Å². The number of likely N-dealkylation sites (N-methyl/N-ethyl adjacent to an activating group) is 1. The van der Waals surface area contributed by atoms with Crippen molar-refractivity contribution in [2.75, 3.05) is 31.3 Å². The van der Waals surface area contributed by atoms with E-state index in [0.29, 0.717) is 23.0 Å². The van der Waals surface area contributed by atoms with Crippen molar-refractivity contribution in [2.24, 2.45) is 0 Å². The summed E-state index contributed by atoms with van der Waals surface area (Å²) < 4.78 is 5.84. The molecule has 3 rings (SSSR count). The Labute approximate surface area is 165 Å². The fourth-order valence-corrected chi connectivity index (χ4v) is 2.89. The van der Waals surface area contributed by atoms with E-state index in [1.165, 1.54) is 15.4 Å². The molecule has 2 amide bonds. The number of carbonyl (C=O) groups is 2. The summed E-state index contributed by atoms with van der Waals surface area (Å²) in [6, 6.07) is 13.0. The summed E-state index contributed by atoms with van der Waals surface area (Å²) in [7, 11) is 3.31. The third-order valence-corrected chi connectivity index (χ3v) is 4.64. The molecule has 0 atom stereocenters. The van der Waals surface area contributed by atoms with E-state index in [1.807, 2.05) is 24.3 Å². The van der Waals surface area contributed by atoms with Crippen LogP contribution < -0.4 is 15.4 Å². The highest BCUT2D eigenvalue weighted by Crippen LogP contribution is 2.37. The minimum atomic E-state index is -0.374. The molecule has 6 heteroatoms. The number of ether oxygens (including phenoxy) is 1. The van der Waals surface area contributed by atoms with Crippen LogP contribution in [0.15, 0.2) is 48.2 Å². The summed E-state index contributed by atoms with van der Waals surface area (Å²) >= 11 is 0. The summed E-state index contributed by atoms with van der Waals surface area (Å²) in [6.07, 6.45) is 1.69. The van der Waals surface area contributed by atoms with Crippen molar-refractivity contribution in [1.29, 1.82) is 0 Å². The van der Waals surface area contributed by atoms with Crippen LogP contribution in [0.4, 0.5) is 11.4 Å². The molecule has 1 aliphatic rings. The predicted octanol–water partition coefficient (Wildman–Crippen LogP) is 3.25. The number of benzene rings is 2. The molecule has 0 unspecified atom stereocenters. The topological polar surface area (TPSA) is 75.9 Å². The van der Waals surface area contributed by atoms with E-state index >= 15 is 0 Å². The maximum atomic E-state index is 13.1. The number of nitrogen functional groups attached to an aromatic ring is 1.